The molecule has 0 saturated carbocycles. The van der Waals surface area contributed by atoms with Crippen molar-refractivity contribution in [1.82, 2.24) is 15.0 Å². The van der Waals surface area contributed by atoms with Crippen molar-refractivity contribution in [1.29, 1.82) is 0 Å². The van der Waals surface area contributed by atoms with E-state index in [0.29, 0.717) is 22.4 Å². The zero-order chi connectivity index (χ0) is 18.5. The van der Waals surface area contributed by atoms with Gasteiger partial charge in [0.15, 0.2) is 17.2 Å². The highest BCUT2D eigenvalue weighted by Crippen LogP contribution is 2.35. The zero-order valence-corrected chi connectivity index (χ0v) is 15.5. The molecule has 0 aliphatic heterocycles. The minimum absolute atomic E-state index is 0.0288. The molecule has 0 aliphatic rings. The van der Waals surface area contributed by atoms with Gasteiger partial charge in [0.1, 0.15) is 0 Å². The summed E-state index contributed by atoms with van der Waals surface area (Å²) in [5, 5.41) is 17.8. The summed E-state index contributed by atoms with van der Waals surface area (Å²) in [5.41, 5.74) is 1.78. The quantitative estimate of drug-likeness (QED) is 0.487. The summed E-state index contributed by atoms with van der Waals surface area (Å²) in [7, 11) is 0. The number of benzene rings is 2. The Morgan fingerprint density at radius 2 is 2.08 bits per heavy atom. The fourth-order valence-electron chi connectivity index (χ4n) is 2.30. The molecular formula is C19H16BrN3O3. The van der Waals surface area contributed by atoms with Gasteiger partial charge in [-0.15, -0.1) is 5.10 Å². The summed E-state index contributed by atoms with van der Waals surface area (Å²) in [6, 6.07) is 12.8. The fourth-order valence-corrected chi connectivity index (χ4v) is 2.76. The number of ether oxygens (including phenoxy) is 1. The van der Waals surface area contributed by atoms with E-state index < -0.39 is 0 Å². The SMILES string of the molecule is CCOc1cc(/C=C/C(=O)c2cn(-c3ccccc3)nn2)cc(Br)c1O. The van der Waals surface area contributed by atoms with Gasteiger partial charge in [0.25, 0.3) is 0 Å². The van der Waals surface area contributed by atoms with Gasteiger partial charge in [0, 0.05) is 0 Å². The van der Waals surface area contributed by atoms with Gasteiger partial charge in [-0.1, -0.05) is 29.5 Å². The molecule has 0 bridgehead atoms. The topological polar surface area (TPSA) is 77.2 Å². The number of phenolic OH excluding ortho intramolecular Hbond substituents is 1. The maximum absolute atomic E-state index is 12.3. The standard InChI is InChI=1S/C19H16BrN3O3/c1-2-26-18-11-13(10-15(20)19(18)25)8-9-17(24)16-12-23(22-21-16)14-6-4-3-5-7-14/h3-12,25H,2H2,1H3/b9-8+. The molecule has 0 fully saturated rings. The van der Waals surface area contributed by atoms with Crippen LogP contribution in [0.15, 0.2) is 59.2 Å². The molecule has 0 saturated heterocycles. The van der Waals surface area contributed by atoms with E-state index in [9.17, 15) is 9.90 Å². The first-order valence-corrected chi connectivity index (χ1v) is 8.73. The molecule has 0 aliphatic carbocycles. The number of carbonyl (C=O) groups is 1. The lowest BCUT2D eigenvalue weighted by molar-refractivity contribution is 0.104. The molecule has 1 aromatic heterocycles. The van der Waals surface area contributed by atoms with Gasteiger partial charge in [0.2, 0.25) is 5.78 Å². The van der Waals surface area contributed by atoms with E-state index in [0.717, 1.165) is 5.69 Å². The van der Waals surface area contributed by atoms with Crippen molar-refractivity contribution in [2.75, 3.05) is 6.61 Å². The van der Waals surface area contributed by atoms with Crippen LogP contribution in [0.3, 0.4) is 0 Å². The molecule has 6 nitrogen and oxygen atoms in total. The van der Waals surface area contributed by atoms with Gasteiger partial charge < -0.3 is 9.84 Å². The molecular weight excluding hydrogens is 398 g/mol. The van der Waals surface area contributed by atoms with Crippen molar-refractivity contribution >= 4 is 27.8 Å². The number of aromatic hydroxyl groups is 1. The van der Waals surface area contributed by atoms with Crippen LogP contribution in [0.5, 0.6) is 11.5 Å². The van der Waals surface area contributed by atoms with E-state index in [2.05, 4.69) is 26.2 Å². The Kier molecular flexibility index (Phi) is 5.48. The van der Waals surface area contributed by atoms with Gasteiger partial charge in [-0.2, -0.15) is 0 Å². The zero-order valence-electron chi connectivity index (χ0n) is 14.0. The average molecular weight is 414 g/mol. The number of para-hydroxylation sites is 1. The molecule has 132 valence electrons. The predicted octanol–water partition coefficient (Wildman–Crippen LogP) is 4.03. The number of ketones is 1. The van der Waals surface area contributed by atoms with E-state index in [1.54, 1.807) is 29.1 Å². The highest BCUT2D eigenvalue weighted by atomic mass is 79.9. The summed E-state index contributed by atoms with van der Waals surface area (Å²) in [5.74, 6) is 0.111. The molecule has 0 atom stereocenters. The van der Waals surface area contributed by atoms with Crippen LogP contribution < -0.4 is 4.74 Å². The Hall–Kier alpha value is -2.93. The summed E-state index contributed by atoms with van der Waals surface area (Å²) < 4.78 is 7.42. The lowest BCUT2D eigenvalue weighted by atomic mass is 10.1. The molecule has 1 heterocycles. The van der Waals surface area contributed by atoms with E-state index in [1.165, 1.54) is 6.08 Å². The van der Waals surface area contributed by atoms with Gasteiger partial charge >= 0.3 is 0 Å². The number of halogens is 1. The molecule has 0 amide bonds. The van der Waals surface area contributed by atoms with Gasteiger partial charge in [-0.05, 0) is 58.8 Å². The Morgan fingerprint density at radius 3 is 2.81 bits per heavy atom. The second-order valence-corrected chi connectivity index (χ2v) is 6.22. The predicted molar refractivity (Wildman–Crippen MR) is 102 cm³/mol. The smallest absolute Gasteiger partial charge is 0.207 e. The number of allylic oxidation sites excluding steroid dienone is 1. The molecule has 7 heteroatoms. The van der Waals surface area contributed by atoms with Crippen molar-refractivity contribution in [2.24, 2.45) is 0 Å². The number of nitrogens with zero attached hydrogens (tertiary/aromatic N) is 3. The first-order chi connectivity index (χ1) is 12.6. The van der Waals surface area contributed by atoms with Crippen LogP contribution >= 0.6 is 15.9 Å². The lowest BCUT2D eigenvalue weighted by Gasteiger charge is -2.08. The molecule has 2 aromatic carbocycles. The Balaban J connectivity index is 1.79. The first-order valence-electron chi connectivity index (χ1n) is 7.94. The molecule has 0 radical (unpaired) electrons. The van der Waals surface area contributed by atoms with Crippen LogP contribution in [0.4, 0.5) is 0 Å². The van der Waals surface area contributed by atoms with Gasteiger partial charge in [0.05, 0.1) is 23.0 Å². The second-order valence-electron chi connectivity index (χ2n) is 5.36. The molecule has 0 unspecified atom stereocenters. The maximum atomic E-state index is 12.3. The van der Waals surface area contributed by atoms with Crippen LogP contribution in [0, 0.1) is 0 Å². The summed E-state index contributed by atoms with van der Waals surface area (Å²) in [6.45, 7) is 2.25. The number of carbonyl (C=O) groups excluding carboxylic acids is 1. The summed E-state index contributed by atoms with van der Waals surface area (Å²) in [4.78, 5) is 12.3. The average Bonchev–Trinajstić information content (AvgIpc) is 3.15. The van der Waals surface area contributed by atoms with Gasteiger partial charge in [-0.25, -0.2) is 4.68 Å². The minimum atomic E-state index is -0.269. The van der Waals surface area contributed by atoms with Crippen molar-refractivity contribution in [3.05, 3.63) is 70.5 Å². The van der Waals surface area contributed by atoms with Crippen LogP contribution in [0.25, 0.3) is 11.8 Å². The third-order valence-corrected chi connectivity index (χ3v) is 4.15. The van der Waals surface area contributed by atoms with E-state index in [4.69, 9.17) is 4.74 Å². The maximum Gasteiger partial charge on any atom is 0.207 e. The van der Waals surface area contributed by atoms with Crippen molar-refractivity contribution in [2.45, 2.75) is 6.92 Å². The van der Waals surface area contributed by atoms with E-state index in [1.807, 2.05) is 37.3 Å². The number of rotatable bonds is 6. The lowest BCUT2D eigenvalue weighted by Crippen LogP contribution is -1.95. The second kappa shape index (κ2) is 7.97. The van der Waals surface area contributed by atoms with Crippen molar-refractivity contribution < 1.29 is 14.6 Å². The number of phenols is 1. The van der Waals surface area contributed by atoms with Gasteiger partial charge in [-0.3, -0.25) is 4.79 Å². The summed E-state index contributed by atoms with van der Waals surface area (Å²) in [6.07, 6.45) is 4.63. The number of hydrogen-bond donors (Lipinski definition) is 1. The summed E-state index contributed by atoms with van der Waals surface area (Å²) >= 11 is 3.27. The van der Waals surface area contributed by atoms with Crippen LogP contribution in [0.2, 0.25) is 0 Å². The highest BCUT2D eigenvalue weighted by molar-refractivity contribution is 9.10. The largest absolute Gasteiger partial charge is 0.503 e. The number of hydrogen-bond acceptors (Lipinski definition) is 5. The number of aromatic nitrogens is 3. The van der Waals surface area contributed by atoms with E-state index in [-0.39, 0.29) is 17.2 Å². The normalized spacial score (nSPS) is 11.0. The van der Waals surface area contributed by atoms with Crippen LogP contribution in [-0.2, 0) is 0 Å². The van der Waals surface area contributed by atoms with E-state index >= 15 is 0 Å². The van der Waals surface area contributed by atoms with Crippen LogP contribution in [0.1, 0.15) is 23.0 Å². The van der Waals surface area contributed by atoms with Crippen molar-refractivity contribution in [3.8, 4) is 17.2 Å². The minimum Gasteiger partial charge on any atom is -0.503 e. The third-order valence-electron chi connectivity index (χ3n) is 3.54. The molecule has 0 spiro atoms. The molecule has 3 rings (SSSR count). The van der Waals surface area contributed by atoms with Crippen LogP contribution in [-0.4, -0.2) is 32.5 Å². The Bertz CT molecular complexity index is 952. The fraction of sp³-hybridized carbons (Fsp3) is 0.105. The Morgan fingerprint density at radius 1 is 1.31 bits per heavy atom. The van der Waals surface area contributed by atoms with Crippen molar-refractivity contribution in [3.63, 3.8) is 0 Å². The first kappa shape index (κ1) is 17.9. The molecule has 3 aromatic rings. The monoisotopic (exact) mass is 413 g/mol. The highest BCUT2D eigenvalue weighted by Gasteiger charge is 2.10. The Labute approximate surface area is 158 Å². The molecule has 1 N–H and O–H groups in total. The third kappa shape index (κ3) is 4.00. The molecule has 26 heavy (non-hydrogen) atoms.